The number of hydrogen-bond donors (Lipinski definition) is 0. The van der Waals surface area contributed by atoms with Crippen LogP contribution in [0.2, 0.25) is 13.3 Å². The summed E-state index contributed by atoms with van der Waals surface area (Å²) in [7, 11) is 4.04. The van der Waals surface area contributed by atoms with E-state index in [1.54, 1.807) is 24.6 Å². The van der Waals surface area contributed by atoms with Gasteiger partial charge in [-0.05, 0) is 11.4 Å². The van der Waals surface area contributed by atoms with Gasteiger partial charge in [0, 0.05) is 7.05 Å². The van der Waals surface area contributed by atoms with Crippen LogP contribution in [-0.2, 0) is 14.1 Å². The fraction of sp³-hybridized carbons (Fsp3) is 0.583. The molecule has 0 unspecified atom stereocenters. The molecule has 0 saturated heterocycles. The molecule has 4 rings (SSSR count). The number of rotatable bonds is 10. The molecule has 0 aromatic carbocycles. The van der Waals surface area contributed by atoms with Crippen molar-refractivity contribution in [1.82, 2.24) is 19.6 Å². The fourth-order valence-electron chi connectivity index (χ4n) is 4.37. The Morgan fingerprint density at radius 3 is 1.87 bits per heavy atom. The van der Waals surface area contributed by atoms with Gasteiger partial charge in [-0.15, -0.1) is 11.3 Å². The average Bonchev–Trinajstić information content (AvgIpc) is 3.54. The molecule has 4 nitrogen and oxygen atoms in total. The first-order valence-electron chi connectivity index (χ1n) is 11.8. The van der Waals surface area contributed by atoms with Gasteiger partial charge in [0.1, 0.15) is 0 Å². The van der Waals surface area contributed by atoms with E-state index >= 15 is 0 Å². The molecule has 0 saturated carbocycles. The van der Waals surface area contributed by atoms with Crippen molar-refractivity contribution >= 4 is 64.4 Å². The van der Waals surface area contributed by atoms with Crippen molar-refractivity contribution in [3.05, 3.63) is 29.9 Å². The summed E-state index contributed by atoms with van der Waals surface area (Å²) in [6, 6.07) is 4.61. The van der Waals surface area contributed by atoms with E-state index in [2.05, 4.69) is 77.7 Å². The van der Waals surface area contributed by atoms with Gasteiger partial charge in [0.25, 0.3) is 0 Å². The summed E-state index contributed by atoms with van der Waals surface area (Å²) in [4.78, 5) is 0. The van der Waals surface area contributed by atoms with Crippen LogP contribution in [0.4, 0.5) is 0 Å². The topological polar surface area (TPSA) is 35.6 Å². The molecule has 7 heteroatoms. The van der Waals surface area contributed by atoms with Crippen molar-refractivity contribution in [3.8, 4) is 0 Å². The Morgan fingerprint density at radius 1 is 0.806 bits per heavy atom. The number of aryl methyl sites for hydroxylation is 2. The minimum Gasteiger partial charge on any atom is -0.267 e. The summed E-state index contributed by atoms with van der Waals surface area (Å²) in [6.07, 6.45) is 12.3. The van der Waals surface area contributed by atoms with Gasteiger partial charge in [0.15, 0.2) is 0 Å². The maximum atomic E-state index is 4.42. The summed E-state index contributed by atoms with van der Waals surface area (Å²) < 4.78 is 13.1. The van der Waals surface area contributed by atoms with Crippen LogP contribution in [0.5, 0.6) is 0 Å². The number of hydrogen-bond acceptors (Lipinski definition) is 4. The molecule has 0 aliphatic carbocycles. The summed E-state index contributed by atoms with van der Waals surface area (Å²) in [5.74, 6) is 0. The predicted octanol–water partition coefficient (Wildman–Crippen LogP) is 7.33. The minimum absolute atomic E-state index is 1.22. The third-order valence-electron chi connectivity index (χ3n) is 6.36. The van der Waals surface area contributed by atoms with Crippen molar-refractivity contribution < 1.29 is 0 Å². The van der Waals surface area contributed by atoms with Crippen molar-refractivity contribution in [3.63, 3.8) is 0 Å². The van der Waals surface area contributed by atoms with Crippen molar-refractivity contribution in [2.24, 2.45) is 14.1 Å². The molecule has 31 heavy (non-hydrogen) atoms. The Bertz CT molecular complexity index is 1040. The summed E-state index contributed by atoms with van der Waals surface area (Å²) in [5.41, 5.74) is 2.59. The van der Waals surface area contributed by atoms with Gasteiger partial charge >= 0.3 is 145 Å². The second kappa shape index (κ2) is 11.8. The van der Waals surface area contributed by atoms with Crippen molar-refractivity contribution in [1.29, 1.82) is 0 Å². The van der Waals surface area contributed by atoms with Crippen LogP contribution < -0.4 is 2.89 Å². The zero-order valence-electron chi connectivity index (χ0n) is 19.9. The van der Waals surface area contributed by atoms with Crippen LogP contribution in [0.1, 0.15) is 59.3 Å². The van der Waals surface area contributed by atoms with E-state index < -0.39 is 18.4 Å². The molecule has 0 bridgehead atoms. The third kappa shape index (κ3) is 5.93. The van der Waals surface area contributed by atoms with Gasteiger partial charge in [0.2, 0.25) is 0 Å². The predicted molar refractivity (Wildman–Crippen MR) is 142 cm³/mol. The van der Waals surface area contributed by atoms with E-state index in [1.165, 1.54) is 59.0 Å². The number of thiophene rings is 2. The van der Waals surface area contributed by atoms with E-state index in [1.807, 2.05) is 20.8 Å². The first kappa shape index (κ1) is 24.8. The van der Waals surface area contributed by atoms with Crippen LogP contribution in [0.25, 0.3) is 20.4 Å². The molecule has 4 aromatic rings. The van der Waals surface area contributed by atoms with E-state index in [0.29, 0.717) is 0 Å². The van der Waals surface area contributed by atoms with Gasteiger partial charge in [-0.2, -0.15) is 5.10 Å². The summed E-state index contributed by atoms with van der Waals surface area (Å²) in [6.45, 7) is 7.06. The van der Waals surface area contributed by atoms with Gasteiger partial charge in [0.05, 0.1) is 16.4 Å². The Hall–Kier alpha value is -0.861. The maximum absolute atomic E-state index is 4.42. The SMILES string of the molecule is CCC[CH2][Sn]([CH2]CCC)([CH2]CCC)[c]1cc2c(cnn2C)s1.Cn1ncc2sccc21. The molecule has 4 heterocycles. The number of nitrogens with zero attached hydrogens (tertiary/aromatic N) is 4. The second-order valence-corrected chi connectivity index (χ2v) is 24.9. The molecule has 4 aromatic heterocycles. The Kier molecular flexibility index (Phi) is 9.46. The zero-order chi connectivity index (χ0) is 22.3. The van der Waals surface area contributed by atoms with Crippen molar-refractivity contribution in [2.45, 2.75) is 72.6 Å². The first-order chi connectivity index (χ1) is 15.0. The second-order valence-electron chi connectivity index (χ2n) is 8.66. The number of aromatic nitrogens is 4. The Morgan fingerprint density at radius 2 is 1.35 bits per heavy atom. The summed E-state index contributed by atoms with van der Waals surface area (Å²) >= 11 is 1.60. The molecular formula is C24H38N4S2Sn. The summed E-state index contributed by atoms with van der Waals surface area (Å²) in [5, 5.41) is 10.6. The van der Waals surface area contributed by atoms with Crippen LogP contribution in [0.15, 0.2) is 29.9 Å². The first-order valence-corrected chi connectivity index (χ1v) is 21.0. The molecule has 0 amide bonds. The third-order valence-corrected chi connectivity index (χ3v) is 26.5. The smallest absolute Gasteiger partial charge is 0.0787 e. The maximum Gasteiger partial charge on any atom is 0.0787 e. The van der Waals surface area contributed by atoms with Crippen LogP contribution >= 0.6 is 22.7 Å². The fourth-order valence-corrected chi connectivity index (χ4v) is 25.4. The largest absolute Gasteiger partial charge is 0.267 e. The molecule has 0 atom stereocenters. The van der Waals surface area contributed by atoms with E-state index in [-0.39, 0.29) is 0 Å². The normalized spacial score (nSPS) is 11.9. The zero-order valence-corrected chi connectivity index (χ0v) is 24.3. The number of fused-ring (bicyclic) bond motifs is 2. The monoisotopic (exact) mass is 566 g/mol. The molecule has 0 radical (unpaired) electrons. The molecule has 0 N–H and O–H groups in total. The Balaban J connectivity index is 0.000000248. The van der Waals surface area contributed by atoms with Crippen molar-refractivity contribution in [2.75, 3.05) is 0 Å². The van der Waals surface area contributed by atoms with Gasteiger partial charge in [-0.25, -0.2) is 0 Å². The standard InChI is InChI=1S/C6H6N2S.C6H5N2S.3C4H9.Sn/c2*1-8-5-2-3-9-6(5)4-7-8;3*1-3-4-2;/h2-4H,1H3;2,4H,1H3;3*1,3-4H2,2H3;. The van der Waals surface area contributed by atoms with Gasteiger partial charge < -0.3 is 0 Å². The molecule has 0 aliphatic heterocycles. The average molecular weight is 565 g/mol. The molecule has 0 fully saturated rings. The minimum atomic E-state index is -2.22. The Labute approximate surface area is 199 Å². The molecule has 170 valence electrons. The van der Waals surface area contributed by atoms with Crippen LogP contribution in [-0.4, -0.2) is 37.9 Å². The van der Waals surface area contributed by atoms with E-state index in [0.717, 1.165) is 0 Å². The van der Waals surface area contributed by atoms with Gasteiger partial charge in [-0.1, -0.05) is 0 Å². The van der Waals surface area contributed by atoms with Crippen LogP contribution in [0.3, 0.4) is 0 Å². The quantitative estimate of drug-likeness (QED) is 0.189. The molecule has 0 aliphatic rings. The number of unbranched alkanes of at least 4 members (excludes halogenated alkanes) is 3. The molecule has 0 spiro atoms. The van der Waals surface area contributed by atoms with Gasteiger partial charge in [-0.3, -0.25) is 4.68 Å². The van der Waals surface area contributed by atoms with E-state index in [4.69, 9.17) is 0 Å². The molecular weight excluding hydrogens is 527 g/mol. The van der Waals surface area contributed by atoms with Crippen LogP contribution in [0, 0.1) is 0 Å². The van der Waals surface area contributed by atoms with E-state index in [9.17, 15) is 0 Å².